The Labute approximate surface area is 221 Å². The van der Waals surface area contributed by atoms with E-state index in [0.717, 1.165) is 53.2 Å². The molecule has 4 aromatic rings. The number of hydrogen-bond acceptors (Lipinski definition) is 6. The summed E-state index contributed by atoms with van der Waals surface area (Å²) in [7, 11) is 1.86. The lowest BCUT2D eigenvalue weighted by Crippen LogP contribution is -2.21. The third kappa shape index (κ3) is 5.91. The number of aliphatic carboxylic acids is 1. The maximum atomic E-state index is 11.9. The molecule has 3 heterocycles. The number of rotatable bonds is 8. The topological polar surface area (TPSA) is 126 Å². The second-order valence-electron chi connectivity index (χ2n) is 9.76. The van der Waals surface area contributed by atoms with Gasteiger partial charge in [0.05, 0.1) is 18.5 Å². The van der Waals surface area contributed by atoms with Crippen LogP contribution in [-0.2, 0) is 29.7 Å². The summed E-state index contributed by atoms with van der Waals surface area (Å²) in [4.78, 5) is 27.3. The van der Waals surface area contributed by atoms with Gasteiger partial charge in [0.2, 0.25) is 0 Å². The summed E-state index contributed by atoms with van der Waals surface area (Å²) in [5.41, 5.74) is 7.08. The highest BCUT2D eigenvalue weighted by Crippen LogP contribution is 2.34. The van der Waals surface area contributed by atoms with Crippen molar-refractivity contribution in [2.45, 2.75) is 52.1 Å². The molecule has 0 bridgehead atoms. The fourth-order valence-corrected chi connectivity index (χ4v) is 5.25. The molecule has 2 aromatic heterocycles. The number of carbonyl (C=O) groups is 2. The molecule has 1 saturated heterocycles. The largest absolute Gasteiger partial charge is 0.483 e. The Bertz CT molecular complexity index is 1420. The first-order valence-electron chi connectivity index (χ1n) is 12.7. The zero-order valence-electron chi connectivity index (χ0n) is 22.0. The zero-order valence-corrected chi connectivity index (χ0v) is 22.0. The van der Waals surface area contributed by atoms with Crippen molar-refractivity contribution in [3.63, 3.8) is 0 Å². The molecule has 2 N–H and O–H groups in total. The fourth-order valence-electron chi connectivity index (χ4n) is 5.25. The number of aromatic nitrogens is 5. The minimum absolute atomic E-state index is 0.0143. The van der Waals surface area contributed by atoms with Crippen LogP contribution in [0.5, 0.6) is 0 Å². The summed E-state index contributed by atoms with van der Waals surface area (Å²) in [6.07, 6.45) is 6.44. The van der Waals surface area contributed by atoms with E-state index in [9.17, 15) is 9.90 Å². The maximum absolute atomic E-state index is 11.9. The quantitative estimate of drug-likeness (QED) is 0.338. The molecule has 1 unspecified atom stereocenters. The van der Waals surface area contributed by atoms with Crippen LogP contribution in [0.1, 0.15) is 58.8 Å². The van der Waals surface area contributed by atoms with Gasteiger partial charge in [0.1, 0.15) is 11.3 Å². The first-order valence-corrected chi connectivity index (χ1v) is 12.7. The van der Waals surface area contributed by atoms with E-state index in [1.54, 1.807) is 4.68 Å². The van der Waals surface area contributed by atoms with Crippen molar-refractivity contribution in [3.05, 3.63) is 76.4 Å². The van der Waals surface area contributed by atoms with E-state index in [0.29, 0.717) is 6.54 Å². The molecule has 0 spiro atoms. The van der Waals surface area contributed by atoms with Crippen LogP contribution in [0.2, 0.25) is 0 Å². The van der Waals surface area contributed by atoms with Gasteiger partial charge in [-0.2, -0.15) is 0 Å². The second-order valence-corrected chi connectivity index (χ2v) is 9.76. The zero-order chi connectivity index (χ0) is 27.2. The molecule has 2 aromatic carbocycles. The number of benzene rings is 2. The van der Waals surface area contributed by atoms with Crippen molar-refractivity contribution >= 4 is 23.5 Å². The molecule has 0 saturated carbocycles. The molecule has 0 radical (unpaired) electrons. The number of fused-ring (bicyclic) bond motifs is 1. The molecule has 10 nitrogen and oxygen atoms in total. The molecule has 1 aliphatic rings. The highest BCUT2D eigenvalue weighted by Gasteiger charge is 2.23. The lowest BCUT2D eigenvalue weighted by Gasteiger charge is -2.21. The molecular weight excluding hydrogens is 484 g/mol. The van der Waals surface area contributed by atoms with Crippen molar-refractivity contribution < 1.29 is 19.8 Å². The minimum atomic E-state index is -0.821. The Hall–Kier alpha value is -4.05. The Morgan fingerprint density at radius 3 is 2.58 bits per heavy atom. The summed E-state index contributed by atoms with van der Waals surface area (Å²) in [6, 6.07) is 10.3. The number of likely N-dealkylation sites (tertiary alicyclic amines) is 1. The van der Waals surface area contributed by atoms with E-state index < -0.39 is 5.97 Å². The summed E-state index contributed by atoms with van der Waals surface area (Å²) in [5, 5.41) is 25.1. The summed E-state index contributed by atoms with van der Waals surface area (Å²) in [5.74, 6) is -0.0221. The Balaban J connectivity index is 0.00000107. The third-order valence-electron chi connectivity index (χ3n) is 7.31. The van der Waals surface area contributed by atoms with E-state index in [1.807, 2.05) is 38.5 Å². The molecule has 5 rings (SSSR count). The van der Waals surface area contributed by atoms with E-state index in [1.165, 1.54) is 24.0 Å². The molecule has 200 valence electrons. The van der Waals surface area contributed by atoms with Crippen molar-refractivity contribution in [1.29, 1.82) is 0 Å². The number of hydrogen-bond donors (Lipinski definition) is 2. The third-order valence-corrected chi connectivity index (χ3v) is 7.31. The number of imidazole rings is 1. The average Bonchev–Trinajstić information content (AvgIpc) is 3.64. The molecule has 1 aliphatic heterocycles. The number of carboxylic acids is 1. The lowest BCUT2D eigenvalue weighted by molar-refractivity contribution is -0.137. The van der Waals surface area contributed by atoms with Crippen LogP contribution in [0.15, 0.2) is 42.7 Å². The molecule has 10 heteroatoms. The maximum Gasteiger partial charge on any atom is 0.304 e. The Kier molecular flexibility index (Phi) is 8.52. The summed E-state index contributed by atoms with van der Waals surface area (Å²) >= 11 is 0. The van der Waals surface area contributed by atoms with Gasteiger partial charge in [0.15, 0.2) is 0 Å². The van der Waals surface area contributed by atoms with E-state index in [4.69, 9.17) is 9.90 Å². The highest BCUT2D eigenvalue weighted by molar-refractivity contribution is 5.80. The molecular formula is C28H34N6O4. The normalized spacial score (nSPS) is 14.3. The van der Waals surface area contributed by atoms with Crippen molar-refractivity contribution in [2.75, 3.05) is 13.1 Å². The van der Waals surface area contributed by atoms with Crippen molar-refractivity contribution in [1.82, 2.24) is 29.4 Å². The lowest BCUT2D eigenvalue weighted by atomic mass is 9.84. The van der Waals surface area contributed by atoms with E-state index in [2.05, 4.69) is 49.9 Å². The van der Waals surface area contributed by atoms with E-state index >= 15 is 0 Å². The molecule has 0 amide bonds. The van der Waals surface area contributed by atoms with Gasteiger partial charge in [-0.3, -0.25) is 14.5 Å². The van der Waals surface area contributed by atoms with Gasteiger partial charge < -0.3 is 14.8 Å². The fraction of sp³-hybridized carbons (Fsp3) is 0.393. The van der Waals surface area contributed by atoms with Crippen LogP contribution in [-0.4, -0.2) is 65.2 Å². The number of aryl methyl sites for hydroxylation is 3. The van der Waals surface area contributed by atoms with Crippen LogP contribution in [0.3, 0.4) is 0 Å². The van der Waals surface area contributed by atoms with Gasteiger partial charge in [0, 0.05) is 31.9 Å². The average molecular weight is 519 g/mol. The Morgan fingerprint density at radius 1 is 1.13 bits per heavy atom. The van der Waals surface area contributed by atoms with Crippen LogP contribution in [0, 0.1) is 13.8 Å². The van der Waals surface area contributed by atoms with Crippen molar-refractivity contribution in [2.24, 2.45) is 7.05 Å². The van der Waals surface area contributed by atoms with E-state index in [-0.39, 0.29) is 18.8 Å². The van der Waals surface area contributed by atoms with Crippen LogP contribution in [0.25, 0.3) is 11.0 Å². The SMILES string of the molecule is Cc1ccc(C(CC(=O)O)c2ccc3c(nnn3C)c2C)cc1Cn1ccnc1CN1CCCC1.O=CO. The van der Waals surface area contributed by atoms with Gasteiger partial charge in [-0.1, -0.05) is 29.5 Å². The van der Waals surface area contributed by atoms with Gasteiger partial charge in [-0.25, -0.2) is 9.67 Å². The van der Waals surface area contributed by atoms with Gasteiger partial charge in [-0.15, -0.1) is 5.10 Å². The first-order chi connectivity index (χ1) is 18.3. The summed E-state index contributed by atoms with van der Waals surface area (Å²) in [6.45, 7) is 7.71. The van der Waals surface area contributed by atoms with Gasteiger partial charge in [0.25, 0.3) is 6.47 Å². The predicted molar refractivity (Wildman–Crippen MR) is 143 cm³/mol. The smallest absolute Gasteiger partial charge is 0.304 e. The standard InChI is InChI=1S/C27H32N6O2.CH2O2/c1-18-6-7-20(14-21(18)16-33-13-10-28-25(33)17-32-11-4-5-12-32)23(15-26(34)35)22-8-9-24-27(19(22)2)29-30-31(24)3;2-1-3/h6-10,13-14,23H,4-5,11-12,15-17H2,1-3H3,(H,34,35);1H,(H,2,3). The van der Waals surface area contributed by atoms with Crippen LogP contribution >= 0.6 is 0 Å². The summed E-state index contributed by atoms with van der Waals surface area (Å²) < 4.78 is 3.96. The Morgan fingerprint density at radius 2 is 1.87 bits per heavy atom. The van der Waals surface area contributed by atoms with Crippen LogP contribution < -0.4 is 0 Å². The van der Waals surface area contributed by atoms with Gasteiger partial charge >= 0.3 is 5.97 Å². The first kappa shape index (κ1) is 27.0. The molecule has 38 heavy (non-hydrogen) atoms. The molecule has 1 fully saturated rings. The molecule has 1 atom stereocenters. The number of nitrogens with zero attached hydrogens (tertiary/aromatic N) is 6. The predicted octanol–water partition coefficient (Wildman–Crippen LogP) is 3.73. The van der Waals surface area contributed by atoms with Crippen LogP contribution in [0.4, 0.5) is 0 Å². The minimum Gasteiger partial charge on any atom is -0.483 e. The monoisotopic (exact) mass is 518 g/mol. The second kappa shape index (κ2) is 12.0. The van der Waals surface area contributed by atoms with Gasteiger partial charge in [-0.05, 0) is 73.7 Å². The van der Waals surface area contributed by atoms with Crippen molar-refractivity contribution in [3.8, 4) is 0 Å². The highest BCUT2D eigenvalue weighted by atomic mass is 16.4. The molecule has 0 aliphatic carbocycles. The number of carboxylic acid groups (broad SMARTS) is 2.